The fraction of sp³-hybridized carbons (Fsp3) is 0.111. The molecule has 0 heterocycles. The van der Waals surface area contributed by atoms with Crippen LogP contribution in [0.25, 0.3) is 0 Å². The number of hydrogen-bond donors (Lipinski definition) is 3. The van der Waals surface area contributed by atoms with Crippen LogP contribution in [0.5, 0.6) is 0 Å². The average Bonchev–Trinajstić information content (AvgIpc) is 2.27. The van der Waals surface area contributed by atoms with E-state index in [1.807, 2.05) is 5.32 Å². The van der Waals surface area contributed by atoms with E-state index in [0.29, 0.717) is 6.07 Å². The zero-order chi connectivity index (χ0) is 13.1. The molecule has 2 amide bonds. The summed E-state index contributed by atoms with van der Waals surface area (Å²) in [4.78, 5) is 21.4. The number of nitrogen functional groups attached to an aromatic ring is 1. The number of amides is 2. The monoisotopic (exact) mass is 246 g/mol. The first kappa shape index (κ1) is 13.0. The van der Waals surface area contributed by atoms with E-state index in [1.165, 1.54) is 6.41 Å². The number of alkyl halides is 3. The lowest BCUT2D eigenvalue weighted by molar-refractivity contribution is -0.137. The number of benzene rings is 1. The van der Waals surface area contributed by atoms with Crippen molar-refractivity contribution in [2.75, 3.05) is 5.32 Å². The summed E-state index contributed by atoms with van der Waals surface area (Å²) in [7, 11) is 0. The molecule has 8 heteroatoms. The average molecular weight is 246 g/mol. The number of anilines is 1. The van der Waals surface area contributed by atoms with E-state index in [2.05, 4.69) is 0 Å². The lowest BCUT2D eigenvalue weighted by Crippen LogP contribution is -2.32. The summed E-state index contributed by atoms with van der Waals surface area (Å²) in [5.41, 5.74) is -0.690. The van der Waals surface area contributed by atoms with Gasteiger partial charge in [-0.3, -0.25) is 15.0 Å². The van der Waals surface area contributed by atoms with Gasteiger partial charge >= 0.3 is 12.6 Å². The number of carbonyl (C=O) groups is 1. The van der Waals surface area contributed by atoms with Crippen molar-refractivity contribution in [2.24, 2.45) is 5.84 Å². The van der Waals surface area contributed by atoms with Gasteiger partial charge in [-0.15, -0.1) is 0 Å². The Bertz CT molecular complexity index is 446. The molecule has 0 aliphatic heterocycles. The first-order chi connectivity index (χ1) is 7.91. The van der Waals surface area contributed by atoms with Crippen molar-refractivity contribution in [1.29, 1.82) is 0 Å². The Morgan fingerprint density at radius 2 is 2.00 bits per heavy atom. The molecular weight excluding hydrogens is 239 g/mol. The maximum absolute atomic E-state index is 12.6. The van der Waals surface area contributed by atoms with Crippen molar-refractivity contribution in [3.05, 3.63) is 29.3 Å². The smallest absolute Gasteiger partial charge is 0.317 e. The highest BCUT2D eigenvalue weighted by molar-refractivity contribution is 6.02. The normalized spacial score (nSPS) is 10.8. The molecule has 0 atom stereocenters. The number of carbonyl (C=O) groups excluding carboxylic acids is 2. The van der Waals surface area contributed by atoms with Gasteiger partial charge in [0.25, 0.3) is 5.91 Å². The second-order valence-electron chi connectivity index (χ2n) is 2.93. The molecule has 4 N–H and O–H groups in total. The van der Waals surface area contributed by atoms with Gasteiger partial charge in [-0.25, -0.2) is 5.84 Å². The third-order valence-electron chi connectivity index (χ3n) is 1.91. The Hall–Kier alpha value is -2.09. The second kappa shape index (κ2) is 4.83. The van der Waals surface area contributed by atoms with Crippen molar-refractivity contribution in [3.63, 3.8) is 0 Å². The summed E-state index contributed by atoms with van der Waals surface area (Å²) in [6.45, 7) is 0. The minimum atomic E-state index is -4.73. The van der Waals surface area contributed by atoms with Gasteiger partial charge in [-0.1, -0.05) is 6.07 Å². The predicted molar refractivity (Wildman–Crippen MR) is 52.4 cm³/mol. The second-order valence-corrected chi connectivity index (χ2v) is 2.93. The molecule has 17 heavy (non-hydrogen) atoms. The van der Waals surface area contributed by atoms with Crippen LogP contribution >= 0.6 is 0 Å². The van der Waals surface area contributed by atoms with Crippen LogP contribution in [0, 0.1) is 0 Å². The van der Waals surface area contributed by atoms with E-state index < -0.39 is 23.2 Å². The molecule has 0 aliphatic carbocycles. The van der Waals surface area contributed by atoms with Crippen molar-refractivity contribution < 1.29 is 22.8 Å². The quantitative estimate of drug-likeness (QED) is 0.319. The van der Waals surface area contributed by atoms with Gasteiger partial charge in [0.1, 0.15) is 0 Å². The van der Waals surface area contributed by atoms with Gasteiger partial charge in [-0.2, -0.15) is 13.2 Å². The number of hydrogen-bond acceptors (Lipinski definition) is 3. The summed E-state index contributed by atoms with van der Waals surface area (Å²) < 4.78 is 37.9. The first-order valence-electron chi connectivity index (χ1n) is 4.26. The van der Waals surface area contributed by atoms with Crippen LogP contribution in [0.3, 0.4) is 0 Å². The summed E-state index contributed by atoms with van der Waals surface area (Å²) >= 11 is 0. The minimum Gasteiger partial charge on any atom is -0.317 e. The summed E-state index contributed by atoms with van der Waals surface area (Å²) in [5.74, 6) is 3.63. The molecule has 0 aromatic heterocycles. The summed E-state index contributed by atoms with van der Waals surface area (Å²) in [6.07, 6.45) is -3.54. The lowest BCUT2D eigenvalue weighted by atomic mass is 10.0. The number of halogens is 3. The fourth-order valence-corrected chi connectivity index (χ4v) is 1.26. The molecule has 1 aromatic rings. The van der Waals surface area contributed by atoms with Crippen LogP contribution in [0.4, 0.5) is 18.9 Å². The standard InChI is InChI=1S/C9H7F3N3O2/c10-9(11,12)5-2-1-3-6(14-4-16)7(5)8(17)15-13/h1-3H,13H2,(H,14,16)(H,15,17). The zero-order valence-electron chi connectivity index (χ0n) is 8.26. The fourth-order valence-electron chi connectivity index (χ4n) is 1.26. The molecule has 1 rings (SSSR count). The van der Waals surface area contributed by atoms with Crippen LogP contribution in [0.1, 0.15) is 15.9 Å². The molecule has 0 saturated carbocycles. The van der Waals surface area contributed by atoms with Gasteiger partial charge in [0.05, 0.1) is 16.8 Å². The van der Waals surface area contributed by atoms with Crippen LogP contribution in [0.15, 0.2) is 18.2 Å². The predicted octanol–water partition coefficient (Wildman–Crippen LogP) is 0.788. The Kier molecular flexibility index (Phi) is 3.69. The van der Waals surface area contributed by atoms with Crippen LogP contribution in [-0.4, -0.2) is 12.3 Å². The zero-order valence-corrected chi connectivity index (χ0v) is 8.26. The molecule has 1 radical (unpaired) electrons. The molecule has 0 spiro atoms. The Morgan fingerprint density at radius 3 is 2.47 bits per heavy atom. The van der Waals surface area contributed by atoms with E-state index in [1.54, 1.807) is 5.43 Å². The highest BCUT2D eigenvalue weighted by atomic mass is 19.4. The van der Waals surface area contributed by atoms with Gasteiger partial charge in [-0.05, 0) is 12.1 Å². The number of rotatable bonds is 3. The SMILES string of the molecule is NNC(=O)c1c(N[C]=O)cccc1C(F)(F)F. The van der Waals surface area contributed by atoms with Crippen LogP contribution in [-0.2, 0) is 11.0 Å². The van der Waals surface area contributed by atoms with E-state index in [4.69, 9.17) is 5.84 Å². The molecule has 0 aliphatic rings. The third kappa shape index (κ3) is 2.72. The number of nitrogens with one attached hydrogen (secondary N) is 2. The van der Waals surface area contributed by atoms with E-state index >= 15 is 0 Å². The largest absolute Gasteiger partial charge is 0.417 e. The van der Waals surface area contributed by atoms with Crippen molar-refractivity contribution in [1.82, 2.24) is 5.43 Å². The molecular formula is C9H7F3N3O2. The first-order valence-corrected chi connectivity index (χ1v) is 4.26. The van der Waals surface area contributed by atoms with Crippen LogP contribution in [0.2, 0.25) is 0 Å². The van der Waals surface area contributed by atoms with Crippen molar-refractivity contribution in [2.45, 2.75) is 6.18 Å². The molecule has 0 saturated heterocycles. The van der Waals surface area contributed by atoms with Gasteiger partial charge in [0.2, 0.25) is 0 Å². The van der Waals surface area contributed by atoms with E-state index in [0.717, 1.165) is 12.1 Å². The third-order valence-corrected chi connectivity index (χ3v) is 1.91. The Labute approximate surface area is 93.8 Å². The number of hydrazine groups is 1. The highest BCUT2D eigenvalue weighted by Gasteiger charge is 2.36. The van der Waals surface area contributed by atoms with Gasteiger partial charge in [0.15, 0.2) is 0 Å². The Balaban J connectivity index is 3.44. The molecule has 1 aromatic carbocycles. The molecule has 91 valence electrons. The Morgan fingerprint density at radius 1 is 1.35 bits per heavy atom. The van der Waals surface area contributed by atoms with Crippen molar-refractivity contribution in [3.8, 4) is 0 Å². The van der Waals surface area contributed by atoms with E-state index in [9.17, 15) is 22.8 Å². The number of nitrogens with two attached hydrogens (primary N) is 1. The summed E-state index contributed by atoms with van der Waals surface area (Å²) in [5, 5.41) is 1.88. The van der Waals surface area contributed by atoms with Crippen LogP contribution < -0.4 is 16.6 Å². The van der Waals surface area contributed by atoms with Gasteiger partial charge < -0.3 is 5.32 Å². The maximum atomic E-state index is 12.6. The minimum absolute atomic E-state index is 0.322. The molecule has 0 fully saturated rings. The topological polar surface area (TPSA) is 84.2 Å². The highest BCUT2D eigenvalue weighted by Crippen LogP contribution is 2.34. The molecule has 0 unspecified atom stereocenters. The van der Waals surface area contributed by atoms with Crippen molar-refractivity contribution >= 4 is 18.0 Å². The van der Waals surface area contributed by atoms with E-state index in [-0.39, 0.29) is 5.69 Å². The maximum Gasteiger partial charge on any atom is 0.417 e. The summed E-state index contributed by atoms with van der Waals surface area (Å²) in [6, 6.07) is 2.89. The van der Waals surface area contributed by atoms with Gasteiger partial charge in [0, 0.05) is 0 Å². The molecule has 0 bridgehead atoms. The lowest BCUT2D eigenvalue weighted by Gasteiger charge is -2.14. The molecule has 5 nitrogen and oxygen atoms in total.